The van der Waals surface area contributed by atoms with Crippen molar-refractivity contribution in [1.82, 2.24) is 4.98 Å². The maximum Gasteiger partial charge on any atom is 0.306 e. The van der Waals surface area contributed by atoms with Crippen molar-refractivity contribution in [2.75, 3.05) is 12.4 Å². The molecule has 88 valence electrons. The first-order valence-electron chi connectivity index (χ1n) is 4.88. The van der Waals surface area contributed by atoms with Crippen LogP contribution in [0.1, 0.15) is 18.4 Å². The summed E-state index contributed by atoms with van der Waals surface area (Å²) in [5.74, 6) is -0.504. The van der Waals surface area contributed by atoms with Gasteiger partial charge in [0, 0.05) is 12.6 Å². The van der Waals surface area contributed by atoms with E-state index in [2.05, 4.69) is 15.0 Å². The van der Waals surface area contributed by atoms with E-state index in [9.17, 15) is 9.59 Å². The Morgan fingerprint density at radius 2 is 2.29 bits per heavy atom. The van der Waals surface area contributed by atoms with E-state index in [4.69, 9.17) is 5.26 Å². The molecule has 1 aromatic heterocycles. The lowest BCUT2D eigenvalue weighted by Crippen LogP contribution is -2.14. The van der Waals surface area contributed by atoms with Crippen LogP contribution in [0.2, 0.25) is 0 Å². The van der Waals surface area contributed by atoms with Crippen LogP contribution in [-0.2, 0) is 14.3 Å². The molecule has 1 aromatic rings. The minimum absolute atomic E-state index is 0.0142. The third-order valence-corrected chi connectivity index (χ3v) is 1.94. The zero-order valence-electron chi connectivity index (χ0n) is 9.27. The van der Waals surface area contributed by atoms with Crippen molar-refractivity contribution in [3.05, 3.63) is 23.9 Å². The predicted molar refractivity (Wildman–Crippen MR) is 58.8 cm³/mol. The second kappa shape index (κ2) is 6.23. The van der Waals surface area contributed by atoms with E-state index in [0.717, 1.165) is 0 Å². The topological polar surface area (TPSA) is 92.1 Å². The van der Waals surface area contributed by atoms with Gasteiger partial charge in [0.05, 0.1) is 25.2 Å². The van der Waals surface area contributed by atoms with Gasteiger partial charge in [-0.05, 0) is 12.1 Å². The van der Waals surface area contributed by atoms with Crippen LogP contribution in [0.3, 0.4) is 0 Å². The number of methoxy groups -OCH3 is 1. The largest absolute Gasteiger partial charge is 0.469 e. The highest BCUT2D eigenvalue weighted by molar-refractivity contribution is 5.91. The molecular formula is C11H11N3O3. The molecule has 0 aliphatic rings. The van der Waals surface area contributed by atoms with E-state index in [0.29, 0.717) is 11.4 Å². The van der Waals surface area contributed by atoms with Crippen LogP contribution in [0.5, 0.6) is 0 Å². The molecule has 0 unspecified atom stereocenters. The van der Waals surface area contributed by atoms with Crippen LogP contribution >= 0.6 is 0 Å². The number of ether oxygens (including phenoxy) is 1. The highest BCUT2D eigenvalue weighted by Gasteiger charge is 2.07. The number of amides is 1. The van der Waals surface area contributed by atoms with E-state index in [1.54, 1.807) is 0 Å². The lowest BCUT2D eigenvalue weighted by atomic mass is 10.2. The number of nitrogens with one attached hydrogen (secondary N) is 1. The standard InChI is InChI=1S/C11H11N3O3/c1-17-11(16)3-2-10(15)14-9-6-8(7-12)4-5-13-9/h4-6H,2-3H2,1H3,(H,13,14,15). The van der Waals surface area contributed by atoms with Crippen LogP contribution < -0.4 is 5.32 Å². The summed E-state index contributed by atoms with van der Waals surface area (Å²) in [7, 11) is 1.26. The lowest BCUT2D eigenvalue weighted by molar-refractivity contribution is -0.141. The number of anilines is 1. The average Bonchev–Trinajstić information content (AvgIpc) is 2.36. The molecule has 0 saturated carbocycles. The normalized spacial score (nSPS) is 9.18. The van der Waals surface area contributed by atoms with Gasteiger partial charge in [0.1, 0.15) is 5.82 Å². The van der Waals surface area contributed by atoms with E-state index >= 15 is 0 Å². The number of aromatic nitrogens is 1. The Kier molecular flexibility index (Phi) is 4.63. The molecule has 6 heteroatoms. The Labute approximate surface area is 98.2 Å². The molecule has 6 nitrogen and oxygen atoms in total. The maximum atomic E-state index is 11.4. The van der Waals surface area contributed by atoms with Crippen LogP contribution in [-0.4, -0.2) is 24.0 Å². The van der Waals surface area contributed by atoms with Crippen molar-refractivity contribution in [3.63, 3.8) is 0 Å². The summed E-state index contributed by atoms with van der Waals surface area (Å²) in [6, 6.07) is 4.92. The summed E-state index contributed by atoms with van der Waals surface area (Å²) in [4.78, 5) is 26.1. The Balaban J connectivity index is 2.51. The van der Waals surface area contributed by atoms with Crippen LogP contribution in [0.15, 0.2) is 18.3 Å². The number of carbonyl (C=O) groups excluding carboxylic acids is 2. The first kappa shape index (κ1) is 12.6. The molecule has 1 N–H and O–H groups in total. The molecule has 0 aliphatic carbocycles. The Morgan fingerprint density at radius 1 is 1.53 bits per heavy atom. The molecule has 0 bridgehead atoms. The molecule has 1 heterocycles. The lowest BCUT2D eigenvalue weighted by Gasteiger charge is -2.03. The predicted octanol–water partition coefficient (Wildman–Crippen LogP) is 0.845. The van der Waals surface area contributed by atoms with Crippen molar-refractivity contribution in [2.24, 2.45) is 0 Å². The minimum Gasteiger partial charge on any atom is -0.469 e. The van der Waals surface area contributed by atoms with E-state index in [1.165, 1.54) is 25.4 Å². The summed E-state index contributed by atoms with van der Waals surface area (Å²) in [5, 5.41) is 11.1. The molecular weight excluding hydrogens is 222 g/mol. The van der Waals surface area contributed by atoms with Crippen molar-refractivity contribution in [2.45, 2.75) is 12.8 Å². The highest BCUT2D eigenvalue weighted by Crippen LogP contribution is 2.06. The quantitative estimate of drug-likeness (QED) is 0.778. The third-order valence-electron chi connectivity index (χ3n) is 1.94. The van der Waals surface area contributed by atoms with Gasteiger partial charge in [-0.3, -0.25) is 9.59 Å². The Morgan fingerprint density at radius 3 is 2.94 bits per heavy atom. The number of rotatable bonds is 4. The second-order valence-corrected chi connectivity index (χ2v) is 3.17. The molecule has 0 fully saturated rings. The molecule has 1 rings (SSSR count). The first-order valence-corrected chi connectivity index (χ1v) is 4.88. The number of esters is 1. The van der Waals surface area contributed by atoms with Gasteiger partial charge in [0.2, 0.25) is 5.91 Å². The summed E-state index contributed by atoms with van der Waals surface area (Å²) in [5.41, 5.74) is 0.406. The fraction of sp³-hybridized carbons (Fsp3) is 0.273. The minimum atomic E-state index is -0.445. The Hall–Kier alpha value is -2.42. The fourth-order valence-electron chi connectivity index (χ4n) is 1.09. The van der Waals surface area contributed by atoms with E-state index in [-0.39, 0.29) is 18.7 Å². The Bertz CT molecular complexity index is 465. The number of carbonyl (C=O) groups is 2. The SMILES string of the molecule is COC(=O)CCC(=O)Nc1cc(C#N)ccn1. The molecule has 0 aliphatic heterocycles. The monoisotopic (exact) mass is 233 g/mol. The average molecular weight is 233 g/mol. The number of nitriles is 1. The molecule has 0 aromatic carbocycles. The molecule has 0 radical (unpaired) electrons. The van der Waals surface area contributed by atoms with E-state index < -0.39 is 5.97 Å². The summed E-state index contributed by atoms with van der Waals surface area (Å²) in [6.45, 7) is 0. The van der Waals surface area contributed by atoms with Crippen molar-refractivity contribution in [3.8, 4) is 6.07 Å². The first-order chi connectivity index (χ1) is 8.15. The number of nitrogens with zero attached hydrogens (tertiary/aromatic N) is 2. The van der Waals surface area contributed by atoms with Gasteiger partial charge in [0.25, 0.3) is 0 Å². The zero-order chi connectivity index (χ0) is 12.7. The molecule has 0 spiro atoms. The van der Waals surface area contributed by atoms with Gasteiger partial charge < -0.3 is 10.1 Å². The van der Waals surface area contributed by atoms with Crippen molar-refractivity contribution in [1.29, 1.82) is 5.26 Å². The van der Waals surface area contributed by atoms with Crippen molar-refractivity contribution < 1.29 is 14.3 Å². The zero-order valence-corrected chi connectivity index (χ0v) is 9.27. The smallest absolute Gasteiger partial charge is 0.306 e. The number of pyridine rings is 1. The maximum absolute atomic E-state index is 11.4. The van der Waals surface area contributed by atoms with Gasteiger partial charge in [-0.15, -0.1) is 0 Å². The summed E-state index contributed by atoms with van der Waals surface area (Å²) < 4.78 is 4.41. The third kappa shape index (κ3) is 4.30. The van der Waals surface area contributed by atoms with Gasteiger partial charge in [-0.1, -0.05) is 0 Å². The van der Waals surface area contributed by atoms with Gasteiger partial charge in [-0.2, -0.15) is 5.26 Å². The molecule has 0 saturated heterocycles. The molecule has 17 heavy (non-hydrogen) atoms. The van der Waals surface area contributed by atoms with Crippen LogP contribution in [0, 0.1) is 11.3 Å². The summed E-state index contributed by atoms with van der Waals surface area (Å²) >= 11 is 0. The van der Waals surface area contributed by atoms with Crippen molar-refractivity contribution >= 4 is 17.7 Å². The molecule has 1 amide bonds. The molecule has 0 atom stereocenters. The fourth-order valence-corrected chi connectivity index (χ4v) is 1.09. The van der Waals surface area contributed by atoms with Crippen LogP contribution in [0.25, 0.3) is 0 Å². The van der Waals surface area contributed by atoms with Gasteiger partial charge in [0.15, 0.2) is 0 Å². The van der Waals surface area contributed by atoms with E-state index in [1.807, 2.05) is 6.07 Å². The highest BCUT2D eigenvalue weighted by atomic mass is 16.5. The number of hydrogen-bond acceptors (Lipinski definition) is 5. The summed E-state index contributed by atoms with van der Waals surface area (Å²) in [6.07, 6.45) is 1.46. The second-order valence-electron chi connectivity index (χ2n) is 3.17. The van der Waals surface area contributed by atoms with Crippen LogP contribution in [0.4, 0.5) is 5.82 Å². The number of hydrogen-bond donors (Lipinski definition) is 1. The van der Waals surface area contributed by atoms with Gasteiger partial charge >= 0.3 is 5.97 Å². The van der Waals surface area contributed by atoms with Gasteiger partial charge in [-0.25, -0.2) is 4.98 Å².